The van der Waals surface area contributed by atoms with Crippen LogP contribution in [-0.2, 0) is 4.74 Å². The van der Waals surface area contributed by atoms with Crippen molar-refractivity contribution in [2.75, 3.05) is 19.0 Å². The lowest BCUT2D eigenvalue weighted by Gasteiger charge is -2.19. The highest BCUT2D eigenvalue weighted by Gasteiger charge is 2.09. The van der Waals surface area contributed by atoms with E-state index in [9.17, 15) is 0 Å². The second-order valence-electron chi connectivity index (χ2n) is 4.61. The minimum Gasteiger partial charge on any atom is -0.383 e. The molecular formula is C15H19ClN2O. The molecule has 0 fully saturated rings. The van der Waals surface area contributed by atoms with E-state index in [4.69, 9.17) is 16.3 Å². The van der Waals surface area contributed by atoms with E-state index in [0.717, 1.165) is 29.4 Å². The molecule has 3 nitrogen and oxygen atoms in total. The first-order chi connectivity index (χ1) is 9.24. The van der Waals surface area contributed by atoms with Gasteiger partial charge in [0.15, 0.2) is 0 Å². The van der Waals surface area contributed by atoms with Gasteiger partial charge in [0.1, 0.15) is 0 Å². The fraction of sp³-hybridized carbons (Fsp3) is 0.400. The third-order valence-electron chi connectivity index (χ3n) is 3.07. The molecule has 1 aromatic carbocycles. The average Bonchev–Trinajstić information content (AvgIpc) is 2.39. The third-order valence-corrected chi connectivity index (χ3v) is 3.30. The number of anilines is 1. The summed E-state index contributed by atoms with van der Waals surface area (Å²) >= 11 is 6.00. The van der Waals surface area contributed by atoms with Gasteiger partial charge in [-0.2, -0.15) is 0 Å². The van der Waals surface area contributed by atoms with Crippen LogP contribution in [0.15, 0.2) is 30.5 Å². The van der Waals surface area contributed by atoms with Gasteiger partial charge in [-0.3, -0.25) is 4.98 Å². The summed E-state index contributed by atoms with van der Waals surface area (Å²) < 4.78 is 5.26. The monoisotopic (exact) mass is 278 g/mol. The normalized spacial score (nSPS) is 12.6. The number of nitrogens with one attached hydrogen (secondary N) is 1. The molecule has 0 aliphatic carbocycles. The molecule has 1 heterocycles. The predicted octanol–water partition coefficient (Wildman–Crippen LogP) is 4.12. The standard InChI is InChI=1S/C15H19ClN2O/c1-3-4-12(10-19-2)18-14-7-8-17-15-9-11(16)5-6-13(14)15/h5-9,12H,3-4,10H2,1-2H3,(H,17,18). The molecule has 0 bridgehead atoms. The zero-order valence-corrected chi connectivity index (χ0v) is 12.1. The van der Waals surface area contributed by atoms with Crippen molar-refractivity contribution in [3.8, 4) is 0 Å². The summed E-state index contributed by atoms with van der Waals surface area (Å²) in [5.41, 5.74) is 1.99. The predicted molar refractivity (Wildman–Crippen MR) is 80.9 cm³/mol. The molecule has 4 heteroatoms. The summed E-state index contributed by atoms with van der Waals surface area (Å²) in [6.45, 7) is 2.88. The van der Waals surface area contributed by atoms with E-state index >= 15 is 0 Å². The number of pyridine rings is 1. The van der Waals surface area contributed by atoms with Gasteiger partial charge in [-0.25, -0.2) is 0 Å². The van der Waals surface area contributed by atoms with Crippen LogP contribution in [0.4, 0.5) is 5.69 Å². The Morgan fingerprint density at radius 1 is 1.37 bits per heavy atom. The molecule has 0 saturated heterocycles. The Kier molecular flexibility index (Phi) is 5.00. The van der Waals surface area contributed by atoms with E-state index in [0.29, 0.717) is 17.7 Å². The molecule has 0 amide bonds. The Hall–Kier alpha value is -1.32. The van der Waals surface area contributed by atoms with Gasteiger partial charge in [-0.1, -0.05) is 24.9 Å². The number of benzene rings is 1. The summed E-state index contributed by atoms with van der Waals surface area (Å²) in [6.07, 6.45) is 4.00. The molecule has 1 aromatic heterocycles. The van der Waals surface area contributed by atoms with Crippen LogP contribution in [0.2, 0.25) is 5.02 Å². The van der Waals surface area contributed by atoms with Crippen molar-refractivity contribution in [3.05, 3.63) is 35.5 Å². The van der Waals surface area contributed by atoms with E-state index in [1.165, 1.54) is 0 Å². The van der Waals surface area contributed by atoms with Crippen LogP contribution in [0.3, 0.4) is 0 Å². The fourth-order valence-electron chi connectivity index (χ4n) is 2.21. The SMILES string of the molecule is CCCC(COC)Nc1ccnc2cc(Cl)ccc12. The Bertz CT molecular complexity index is 539. The van der Waals surface area contributed by atoms with Crippen LogP contribution in [0.1, 0.15) is 19.8 Å². The number of aromatic nitrogens is 1. The molecule has 19 heavy (non-hydrogen) atoms. The maximum atomic E-state index is 6.00. The number of halogens is 1. The van der Waals surface area contributed by atoms with E-state index in [-0.39, 0.29) is 0 Å². The largest absolute Gasteiger partial charge is 0.383 e. The fourth-order valence-corrected chi connectivity index (χ4v) is 2.38. The Labute approximate surface area is 118 Å². The number of ether oxygens (including phenoxy) is 1. The molecule has 0 saturated carbocycles. The molecule has 102 valence electrons. The summed E-state index contributed by atoms with van der Waals surface area (Å²) in [7, 11) is 1.73. The molecule has 0 radical (unpaired) electrons. The lowest BCUT2D eigenvalue weighted by atomic mass is 10.1. The minimum absolute atomic E-state index is 0.316. The third kappa shape index (κ3) is 3.58. The van der Waals surface area contributed by atoms with Gasteiger partial charge in [0.05, 0.1) is 12.1 Å². The lowest BCUT2D eigenvalue weighted by molar-refractivity contribution is 0.182. The first-order valence-corrected chi connectivity index (χ1v) is 6.92. The molecule has 0 aliphatic heterocycles. The second kappa shape index (κ2) is 6.73. The molecule has 2 aromatic rings. The van der Waals surface area contributed by atoms with Gasteiger partial charge in [0, 0.05) is 35.4 Å². The molecule has 1 unspecified atom stereocenters. The molecule has 1 N–H and O–H groups in total. The molecule has 2 rings (SSSR count). The molecule has 0 aliphatic rings. The number of nitrogens with zero attached hydrogens (tertiary/aromatic N) is 1. The Morgan fingerprint density at radius 3 is 2.95 bits per heavy atom. The number of methoxy groups -OCH3 is 1. The van der Waals surface area contributed by atoms with Gasteiger partial charge in [0.25, 0.3) is 0 Å². The summed E-state index contributed by atoms with van der Waals surface area (Å²) in [5.74, 6) is 0. The van der Waals surface area contributed by atoms with Gasteiger partial charge < -0.3 is 10.1 Å². The van der Waals surface area contributed by atoms with Crippen molar-refractivity contribution < 1.29 is 4.74 Å². The van der Waals surface area contributed by atoms with Crippen LogP contribution in [0.25, 0.3) is 10.9 Å². The zero-order chi connectivity index (χ0) is 13.7. The van der Waals surface area contributed by atoms with E-state index < -0.39 is 0 Å². The van der Waals surface area contributed by atoms with Gasteiger partial charge in [-0.05, 0) is 30.7 Å². The van der Waals surface area contributed by atoms with E-state index in [1.807, 2.05) is 24.3 Å². The molecule has 1 atom stereocenters. The average molecular weight is 279 g/mol. The zero-order valence-electron chi connectivity index (χ0n) is 11.3. The smallest absolute Gasteiger partial charge is 0.0737 e. The van der Waals surface area contributed by atoms with E-state index in [1.54, 1.807) is 13.3 Å². The lowest BCUT2D eigenvalue weighted by Crippen LogP contribution is -2.24. The Morgan fingerprint density at radius 2 is 2.21 bits per heavy atom. The van der Waals surface area contributed by atoms with Crippen LogP contribution < -0.4 is 5.32 Å². The summed E-state index contributed by atoms with van der Waals surface area (Å²) in [6, 6.07) is 8.09. The van der Waals surface area contributed by atoms with Crippen molar-refractivity contribution in [2.24, 2.45) is 0 Å². The van der Waals surface area contributed by atoms with Gasteiger partial charge in [0.2, 0.25) is 0 Å². The van der Waals surface area contributed by atoms with E-state index in [2.05, 4.69) is 17.2 Å². The number of hydrogen-bond donors (Lipinski definition) is 1. The maximum Gasteiger partial charge on any atom is 0.0737 e. The van der Waals surface area contributed by atoms with Gasteiger partial charge >= 0.3 is 0 Å². The highest BCUT2D eigenvalue weighted by Crippen LogP contribution is 2.25. The quantitative estimate of drug-likeness (QED) is 0.863. The number of rotatable bonds is 6. The maximum absolute atomic E-state index is 6.00. The van der Waals surface area contributed by atoms with Crippen molar-refractivity contribution in [3.63, 3.8) is 0 Å². The molecule has 0 spiro atoms. The van der Waals surface area contributed by atoms with Crippen LogP contribution in [-0.4, -0.2) is 24.7 Å². The van der Waals surface area contributed by atoms with Crippen LogP contribution in [0.5, 0.6) is 0 Å². The number of fused-ring (bicyclic) bond motifs is 1. The highest BCUT2D eigenvalue weighted by atomic mass is 35.5. The first-order valence-electron chi connectivity index (χ1n) is 6.54. The van der Waals surface area contributed by atoms with Crippen molar-refractivity contribution in [1.82, 2.24) is 4.98 Å². The summed E-state index contributed by atoms with van der Waals surface area (Å²) in [5, 5.41) is 5.33. The Balaban J connectivity index is 2.28. The topological polar surface area (TPSA) is 34.1 Å². The molecular weight excluding hydrogens is 260 g/mol. The van der Waals surface area contributed by atoms with Crippen molar-refractivity contribution >= 4 is 28.2 Å². The summed E-state index contributed by atoms with van der Waals surface area (Å²) in [4.78, 5) is 4.35. The van der Waals surface area contributed by atoms with Crippen molar-refractivity contribution in [1.29, 1.82) is 0 Å². The van der Waals surface area contributed by atoms with Gasteiger partial charge in [-0.15, -0.1) is 0 Å². The minimum atomic E-state index is 0.316. The van der Waals surface area contributed by atoms with Crippen LogP contribution in [0, 0.1) is 0 Å². The van der Waals surface area contributed by atoms with Crippen LogP contribution >= 0.6 is 11.6 Å². The second-order valence-corrected chi connectivity index (χ2v) is 5.04. The number of hydrogen-bond acceptors (Lipinski definition) is 3. The highest BCUT2D eigenvalue weighted by molar-refractivity contribution is 6.31. The first kappa shape index (κ1) is 14.1. The van der Waals surface area contributed by atoms with Crippen molar-refractivity contribution in [2.45, 2.75) is 25.8 Å².